The van der Waals surface area contributed by atoms with Gasteiger partial charge in [0.05, 0.1) is 17.9 Å². The van der Waals surface area contributed by atoms with E-state index in [0.717, 1.165) is 11.4 Å². The van der Waals surface area contributed by atoms with Crippen LogP contribution in [0.3, 0.4) is 0 Å². The van der Waals surface area contributed by atoms with Crippen molar-refractivity contribution in [3.63, 3.8) is 0 Å². The molecule has 1 aromatic heterocycles. The number of piperidine rings is 1. The van der Waals surface area contributed by atoms with Gasteiger partial charge in [-0.2, -0.15) is 4.31 Å². The largest absolute Gasteiger partial charge is 0.497 e. The number of hydrogen-bond donors (Lipinski definition) is 1. The molecule has 1 N–H and O–H groups in total. The van der Waals surface area contributed by atoms with Gasteiger partial charge in [0.2, 0.25) is 15.9 Å². The van der Waals surface area contributed by atoms with Gasteiger partial charge < -0.3 is 15.0 Å². The van der Waals surface area contributed by atoms with Gasteiger partial charge in [0.1, 0.15) is 11.6 Å². The van der Waals surface area contributed by atoms with E-state index in [1.165, 1.54) is 23.5 Å². The molecule has 9 heteroatoms. The SMILES string of the molecule is COc1ccc(S(=O)(=O)N2CCCC(C(=O)NCc3ccc(N(C)C)nc3)C2)cc1. The molecule has 0 aliphatic carbocycles. The fraction of sp³-hybridized carbons (Fsp3) is 0.429. The fourth-order valence-electron chi connectivity index (χ4n) is 3.39. The number of sulfonamides is 1. The number of anilines is 1. The van der Waals surface area contributed by atoms with Gasteiger partial charge in [-0.05, 0) is 48.7 Å². The summed E-state index contributed by atoms with van der Waals surface area (Å²) in [7, 11) is 1.71. The molecule has 0 radical (unpaired) electrons. The van der Waals surface area contributed by atoms with Crippen LogP contribution in [0.2, 0.25) is 0 Å². The number of benzene rings is 1. The standard InChI is InChI=1S/C21H28N4O4S/c1-24(2)20-11-6-16(13-22-20)14-23-21(26)17-5-4-12-25(15-17)30(27,28)19-9-7-18(29-3)8-10-19/h6-11,13,17H,4-5,12,14-15H2,1-3H3,(H,23,26). The highest BCUT2D eigenvalue weighted by molar-refractivity contribution is 7.89. The van der Waals surface area contributed by atoms with E-state index >= 15 is 0 Å². The van der Waals surface area contributed by atoms with Gasteiger partial charge in [0.25, 0.3) is 0 Å². The summed E-state index contributed by atoms with van der Waals surface area (Å²) in [5, 5.41) is 2.91. The van der Waals surface area contributed by atoms with Gasteiger partial charge in [0.15, 0.2) is 0 Å². The summed E-state index contributed by atoms with van der Waals surface area (Å²) in [4.78, 5) is 19.1. The van der Waals surface area contributed by atoms with Gasteiger partial charge in [-0.25, -0.2) is 13.4 Å². The Morgan fingerprint density at radius 3 is 2.57 bits per heavy atom. The van der Waals surface area contributed by atoms with Crippen LogP contribution < -0.4 is 15.0 Å². The number of carbonyl (C=O) groups is 1. The minimum atomic E-state index is -3.65. The zero-order valence-electron chi connectivity index (χ0n) is 17.5. The zero-order valence-corrected chi connectivity index (χ0v) is 18.4. The van der Waals surface area contributed by atoms with E-state index in [9.17, 15) is 13.2 Å². The van der Waals surface area contributed by atoms with Crippen molar-refractivity contribution in [2.24, 2.45) is 5.92 Å². The first-order chi connectivity index (χ1) is 14.3. The third kappa shape index (κ3) is 5.09. The molecule has 1 amide bonds. The third-order valence-electron chi connectivity index (χ3n) is 5.19. The van der Waals surface area contributed by atoms with Gasteiger partial charge in [-0.3, -0.25) is 4.79 Å². The molecule has 0 spiro atoms. The van der Waals surface area contributed by atoms with E-state index in [4.69, 9.17) is 4.74 Å². The predicted octanol–water partition coefficient (Wildman–Crippen LogP) is 1.87. The molecular weight excluding hydrogens is 404 g/mol. The minimum Gasteiger partial charge on any atom is -0.497 e. The molecule has 0 bridgehead atoms. The minimum absolute atomic E-state index is 0.138. The highest BCUT2D eigenvalue weighted by Crippen LogP contribution is 2.25. The molecule has 8 nitrogen and oxygen atoms in total. The Labute approximate surface area is 177 Å². The van der Waals surface area contributed by atoms with Crippen LogP contribution >= 0.6 is 0 Å². The Balaban J connectivity index is 1.61. The van der Waals surface area contributed by atoms with E-state index in [-0.39, 0.29) is 23.3 Å². The predicted molar refractivity (Wildman–Crippen MR) is 115 cm³/mol. The fourth-order valence-corrected chi connectivity index (χ4v) is 4.91. The van der Waals surface area contributed by atoms with Crippen LogP contribution in [0.1, 0.15) is 18.4 Å². The number of hydrogen-bond acceptors (Lipinski definition) is 6. The first kappa shape index (κ1) is 22.0. The highest BCUT2D eigenvalue weighted by Gasteiger charge is 2.33. The van der Waals surface area contributed by atoms with Crippen molar-refractivity contribution < 1.29 is 17.9 Å². The zero-order chi connectivity index (χ0) is 21.7. The van der Waals surface area contributed by atoms with E-state index in [1.807, 2.05) is 31.1 Å². The van der Waals surface area contributed by atoms with Gasteiger partial charge in [-0.15, -0.1) is 0 Å². The normalized spacial score (nSPS) is 17.4. The summed E-state index contributed by atoms with van der Waals surface area (Å²) in [6, 6.07) is 10.1. The molecule has 1 aliphatic heterocycles. The number of ether oxygens (including phenoxy) is 1. The molecule has 1 unspecified atom stereocenters. The Bertz CT molecular complexity index is 960. The summed E-state index contributed by atoms with van der Waals surface area (Å²) < 4.78 is 32.4. The average molecular weight is 433 g/mol. The number of pyridine rings is 1. The van der Waals surface area contributed by atoms with E-state index in [0.29, 0.717) is 31.7 Å². The van der Waals surface area contributed by atoms with E-state index in [1.54, 1.807) is 18.3 Å². The van der Waals surface area contributed by atoms with E-state index < -0.39 is 10.0 Å². The van der Waals surface area contributed by atoms with Crippen molar-refractivity contribution >= 4 is 21.7 Å². The van der Waals surface area contributed by atoms with Crippen molar-refractivity contribution in [2.45, 2.75) is 24.3 Å². The van der Waals surface area contributed by atoms with Crippen molar-refractivity contribution in [1.82, 2.24) is 14.6 Å². The number of aromatic nitrogens is 1. The molecule has 1 aliphatic rings. The molecule has 1 atom stereocenters. The first-order valence-corrected chi connectivity index (χ1v) is 11.3. The maximum absolute atomic E-state index is 13.0. The lowest BCUT2D eigenvalue weighted by Gasteiger charge is -2.31. The average Bonchev–Trinajstić information content (AvgIpc) is 2.77. The quantitative estimate of drug-likeness (QED) is 0.718. The van der Waals surface area contributed by atoms with E-state index in [2.05, 4.69) is 10.3 Å². The second kappa shape index (κ2) is 9.44. The summed E-state index contributed by atoms with van der Waals surface area (Å²) in [6.45, 7) is 0.952. The Hall–Kier alpha value is -2.65. The second-order valence-corrected chi connectivity index (χ2v) is 9.45. The molecule has 30 heavy (non-hydrogen) atoms. The van der Waals surface area contributed by atoms with Crippen LogP contribution in [-0.4, -0.2) is 57.9 Å². The Morgan fingerprint density at radius 2 is 1.97 bits per heavy atom. The van der Waals surface area contributed by atoms with Crippen LogP contribution in [0.4, 0.5) is 5.82 Å². The van der Waals surface area contributed by atoms with Crippen molar-refractivity contribution in [1.29, 1.82) is 0 Å². The van der Waals surface area contributed by atoms with Crippen LogP contribution in [0.15, 0.2) is 47.5 Å². The summed E-state index contributed by atoms with van der Waals surface area (Å²) in [5.41, 5.74) is 0.896. The number of amides is 1. The molecular formula is C21H28N4O4S. The molecule has 162 valence electrons. The van der Waals surface area contributed by atoms with Gasteiger partial charge >= 0.3 is 0 Å². The number of carbonyl (C=O) groups excluding carboxylic acids is 1. The molecule has 2 aromatic rings. The van der Waals surface area contributed by atoms with Crippen molar-refractivity contribution in [2.75, 3.05) is 39.2 Å². The number of rotatable bonds is 7. The van der Waals surface area contributed by atoms with Gasteiger partial charge in [0, 0.05) is 39.9 Å². The maximum Gasteiger partial charge on any atom is 0.243 e. The molecule has 1 saturated heterocycles. The summed E-state index contributed by atoms with van der Waals surface area (Å²) >= 11 is 0. The Morgan fingerprint density at radius 1 is 1.23 bits per heavy atom. The molecule has 1 aromatic carbocycles. The Kier molecular flexibility index (Phi) is 6.94. The smallest absolute Gasteiger partial charge is 0.243 e. The molecule has 3 rings (SSSR count). The third-order valence-corrected chi connectivity index (χ3v) is 7.07. The second-order valence-electron chi connectivity index (χ2n) is 7.51. The highest BCUT2D eigenvalue weighted by atomic mass is 32.2. The van der Waals surface area contributed by atoms with Crippen molar-refractivity contribution in [3.8, 4) is 5.75 Å². The number of methoxy groups -OCH3 is 1. The monoisotopic (exact) mass is 432 g/mol. The van der Waals surface area contributed by atoms with Crippen LogP contribution in [0.25, 0.3) is 0 Å². The first-order valence-electron chi connectivity index (χ1n) is 9.85. The van der Waals surface area contributed by atoms with Crippen molar-refractivity contribution in [3.05, 3.63) is 48.2 Å². The summed E-state index contributed by atoms with van der Waals surface area (Å²) in [5.74, 6) is 0.928. The lowest BCUT2D eigenvalue weighted by Crippen LogP contribution is -2.45. The van der Waals surface area contributed by atoms with Crippen LogP contribution in [-0.2, 0) is 21.4 Å². The maximum atomic E-state index is 13.0. The lowest BCUT2D eigenvalue weighted by molar-refractivity contribution is -0.126. The number of nitrogens with zero attached hydrogens (tertiary/aromatic N) is 3. The summed E-state index contributed by atoms with van der Waals surface area (Å²) in [6.07, 6.45) is 3.04. The number of nitrogens with one attached hydrogen (secondary N) is 1. The molecule has 1 fully saturated rings. The van der Waals surface area contributed by atoms with Crippen LogP contribution in [0, 0.1) is 5.92 Å². The lowest BCUT2D eigenvalue weighted by atomic mass is 9.99. The molecule has 0 saturated carbocycles. The van der Waals surface area contributed by atoms with Crippen LogP contribution in [0.5, 0.6) is 5.75 Å². The molecule has 2 heterocycles. The topological polar surface area (TPSA) is 91.8 Å². The van der Waals surface area contributed by atoms with Gasteiger partial charge in [-0.1, -0.05) is 6.07 Å².